The highest BCUT2D eigenvalue weighted by atomic mass is 16.5. The van der Waals surface area contributed by atoms with E-state index >= 15 is 0 Å². The maximum Gasteiger partial charge on any atom is 0.266 e. The highest BCUT2D eigenvalue weighted by Crippen LogP contribution is 2.29. The van der Waals surface area contributed by atoms with E-state index in [0.29, 0.717) is 61.0 Å². The van der Waals surface area contributed by atoms with Gasteiger partial charge in [0.05, 0.1) is 29.2 Å². The molecule has 1 aromatic heterocycles. The number of nitrogens with zero attached hydrogens (tertiary/aromatic N) is 4. The van der Waals surface area contributed by atoms with E-state index in [1.807, 2.05) is 103 Å². The molecule has 0 N–H and O–H groups in total. The average Bonchev–Trinajstić information content (AvgIpc) is 3.01. The van der Waals surface area contributed by atoms with Crippen LogP contribution in [0.3, 0.4) is 0 Å². The van der Waals surface area contributed by atoms with Gasteiger partial charge in [0.2, 0.25) is 0 Å². The fraction of sp³-hybridized carbons (Fsp3) is 0.242. The number of fused-ring (bicyclic) bond motifs is 2. The van der Waals surface area contributed by atoms with E-state index in [4.69, 9.17) is 9.72 Å². The van der Waals surface area contributed by atoms with Crippen LogP contribution in [0.25, 0.3) is 27.4 Å². The van der Waals surface area contributed by atoms with E-state index in [1.54, 1.807) is 4.57 Å². The highest BCUT2D eigenvalue weighted by Gasteiger charge is 2.29. The van der Waals surface area contributed by atoms with Gasteiger partial charge in [0.1, 0.15) is 11.6 Å². The van der Waals surface area contributed by atoms with Gasteiger partial charge in [0.25, 0.3) is 11.5 Å². The predicted octanol–water partition coefficient (Wildman–Crippen LogP) is 5.46. The molecule has 4 aromatic carbocycles. The van der Waals surface area contributed by atoms with E-state index in [-0.39, 0.29) is 17.5 Å². The first-order valence-electron chi connectivity index (χ1n) is 13.8. The second-order valence-corrected chi connectivity index (χ2v) is 10.1. The zero-order valence-electron chi connectivity index (χ0n) is 22.8. The first-order valence-corrected chi connectivity index (χ1v) is 13.8. The molecule has 1 aliphatic rings. The van der Waals surface area contributed by atoms with Crippen molar-refractivity contribution in [1.82, 2.24) is 19.4 Å². The molecule has 0 aliphatic carbocycles. The summed E-state index contributed by atoms with van der Waals surface area (Å²) in [5.74, 6) is 1.35. The molecule has 1 saturated heterocycles. The average molecular weight is 533 g/mol. The molecule has 1 unspecified atom stereocenters. The molecular weight excluding hydrogens is 500 g/mol. The Hall–Kier alpha value is -4.49. The van der Waals surface area contributed by atoms with Crippen molar-refractivity contribution < 1.29 is 9.53 Å². The predicted molar refractivity (Wildman–Crippen MR) is 158 cm³/mol. The summed E-state index contributed by atoms with van der Waals surface area (Å²) in [5, 5.41) is 2.60. The van der Waals surface area contributed by atoms with Gasteiger partial charge in [0.15, 0.2) is 0 Å². The molecule has 0 saturated carbocycles. The van der Waals surface area contributed by atoms with Crippen LogP contribution in [-0.2, 0) is 0 Å². The molecule has 202 valence electrons. The maximum atomic E-state index is 13.9. The van der Waals surface area contributed by atoms with Crippen molar-refractivity contribution in [2.45, 2.75) is 19.9 Å². The Balaban J connectivity index is 1.31. The summed E-state index contributed by atoms with van der Waals surface area (Å²) in [6.07, 6.45) is 0. The molecule has 0 radical (unpaired) electrons. The van der Waals surface area contributed by atoms with Crippen LogP contribution >= 0.6 is 0 Å². The Labute approximate surface area is 233 Å². The van der Waals surface area contributed by atoms with Crippen LogP contribution < -0.4 is 10.3 Å². The summed E-state index contributed by atoms with van der Waals surface area (Å²) >= 11 is 0. The van der Waals surface area contributed by atoms with Gasteiger partial charge >= 0.3 is 0 Å². The first kappa shape index (κ1) is 25.8. The summed E-state index contributed by atoms with van der Waals surface area (Å²) in [5.41, 5.74) is 1.96. The van der Waals surface area contributed by atoms with E-state index in [1.165, 1.54) is 0 Å². The molecule has 0 spiro atoms. The highest BCUT2D eigenvalue weighted by molar-refractivity contribution is 6.07. The fourth-order valence-electron chi connectivity index (χ4n) is 5.64. The second-order valence-electron chi connectivity index (χ2n) is 10.1. The van der Waals surface area contributed by atoms with E-state index in [2.05, 4.69) is 11.8 Å². The molecule has 7 heteroatoms. The largest absolute Gasteiger partial charge is 0.492 e. The van der Waals surface area contributed by atoms with Gasteiger partial charge in [-0.25, -0.2) is 4.98 Å². The number of aromatic nitrogens is 2. The lowest BCUT2D eigenvalue weighted by atomic mass is 10.0. The topological polar surface area (TPSA) is 67.7 Å². The van der Waals surface area contributed by atoms with Crippen molar-refractivity contribution in [2.75, 3.05) is 32.8 Å². The lowest BCUT2D eigenvalue weighted by Crippen LogP contribution is -2.50. The van der Waals surface area contributed by atoms with Gasteiger partial charge in [-0.05, 0) is 55.0 Å². The van der Waals surface area contributed by atoms with Crippen molar-refractivity contribution in [2.24, 2.45) is 0 Å². The lowest BCUT2D eigenvalue weighted by Gasteiger charge is -2.38. The van der Waals surface area contributed by atoms with Crippen LogP contribution in [-0.4, -0.2) is 58.0 Å². The van der Waals surface area contributed by atoms with E-state index < -0.39 is 0 Å². The monoisotopic (exact) mass is 532 g/mol. The summed E-state index contributed by atoms with van der Waals surface area (Å²) in [4.78, 5) is 36.7. The van der Waals surface area contributed by atoms with Crippen molar-refractivity contribution in [3.8, 4) is 11.4 Å². The summed E-state index contributed by atoms with van der Waals surface area (Å²) in [7, 11) is 0. The first-order chi connectivity index (χ1) is 19.6. The number of amides is 1. The van der Waals surface area contributed by atoms with Crippen LogP contribution in [0.4, 0.5) is 0 Å². The Morgan fingerprint density at radius 1 is 0.850 bits per heavy atom. The minimum absolute atomic E-state index is 0.0514. The molecule has 1 amide bonds. The molecule has 6 rings (SSSR count). The lowest BCUT2D eigenvalue weighted by molar-refractivity contribution is 0.0575. The van der Waals surface area contributed by atoms with Crippen LogP contribution in [0.15, 0.2) is 95.8 Å². The minimum Gasteiger partial charge on any atom is -0.492 e. The number of rotatable bonds is 6. The third-order valence-electron chi connectivity index (χ3n) is 7.75. The standard InChI is InChI=1S/C33H32N4O3/c1-3-40-30-18-9-8-17-29(30)37-31(34-28-16-7-6-14-27(28)33(37)39)23(2)35-19-21-36(22-20-35)32(38)26-15-10-12-24-11-4-5-13-25(24)26/h4-18,23H,3,19-22H2,1-2H3. The van der Waals surface area contributed by atoms with Crippen molar-refractivity contribution in [1.29, 1.82) is 0 Å². The van der Waals surface area contributed by atoms with Crippen molar-refractivity contribution in [3.05, 3.63) is 113 Å². The van der Waals surface area contributed by atoms with E-state index in [9.17, 15) is 9.59 Å². The van der Waals surface area contributed by atoms with Crippen molar-refractivity contribution in [3.63, 3.8) is 0 Å². The summed E-state index contributed by atoms with van der Waals surface area (Å²) in [6.45, 7) is 7.05. The van der Waals surface area contributed by atoms with Gasteiger partial charge in [-0.3, -0.25) is 19.1 Å². The van der Waals surface area contributed by atoms with Gasteiger partial charge in [-0.2, -0.15) is 0 Å². The SMILES string of the molecule is CCOc1ccccc1-n1c(C(C)N2CCN(C(=O)c3cccc4ccccc34)CC2)nc2ccccc2c1=O. The minimum atomic E-state index is -0.165. The number of carbonyl (C=O) groups excluding carboxylic acids is 1. The molecule has 1 fully saturated rings. The Morgan fingerprint density at radius 3 is 2.33 bits per heavy atom. The molecule has 7 nitrogen and oxygen atoms in total. The van der Waals surface area contributed by atoms with Crippen molar-refractivity contribution >= 4 is 27.6 Å². The Kier molecular flexibility index (Phi) is 7.05. The molecule has 1 atom stereocenters. The summed E-state index contributed by atoms with van der Waals surface area (Å²) in [6, 6.07) is 28.8. The zero-order chi connectivity index (χ0) is 27.6. The van der Waals surface area contributed by atoms with Gasteiger partial charge < -0.3 is 9.64 Å². The number of hydrogen-bond donors (Lipinski definition) is 0. The van der Waals surface area contributed by atoms with Crippen LogP contribution in [0, 0.1) is 0 Å². The molecule has 40 heavy (non-hydrogen) atoms. The third-order valence-corrected chi connectivity index (χ3v) is 7.75. The molecule has 5 aromatic rings. The Bertz CT molecular complexity index is 1750. The van der Waals surface area contributed by atoms with Gasteiger partial charge in [-0.1, -0.05) is 60.7 Å². The zero-order valence-corrected chi connectivity index (χ0v) is 22.8. The number of hydrogen-bond acceptors (Lipinski definition) is 5. The number of ether oxygens (including phenoxy) is 1. The normalized spacial score (nSPS) is 14.9. The second kappa shape index (κ2) is 10.9. The van der Waals surface area contributed by atoms with Crippen LogP contribution in [0.2, 0.25) is 0 Å². The smallest absolute Gasteiger partial charge is 0.266 e. The number of carbonyl (C=O) groups is 1. The maximum absolute atomic E-state index is 13.9. The molecule has 2 heterocycles. The molecular formula is C33H32N4O3. The van der Waals surface area contributed by atoms with Gasteiger partial charge in [-0.15, -0.1) is 0 Å². The fourth-order valence-corrected chi connectivity index (χ4v) is 5.64. The number of para-hydroxylation sites is 3. The van der Waals surface area contributed by atoms with Crippen LogP contribution in [0.5, 0.6) is 5.75 Å². The third kappa shape index (κ3) is 4.62. The molecule has 0 bridgehead atoms. The number of piperazine rings is 1. The van der Waals surface area contributed by atoms with E-state index in [0.717, 1.165) is 16.3 Å². The summed E-state index contributed by atoms with van der Waals surface area (Å²) < 4.78 is 7.61. The number of benzene rings is 4. The molecule has 1 aliphatic heterocycles. The Morgan fingerprint density at radius 2 is 1.52 bits per heavy atom. The van der Waals surface area contributed by atoms with Crippen LogP contribution in [0.1, 0.15) is 36.1 Å². The van der Waals surface area contributed by atoms with Gasteiger partial charge in [0, 0.05) is 31.7 Å². The quantitative estimate of drug-likeness (QED) is 0.291.